The van der Waals surface area contributed by atoms with Gasteiger partial charge in [0.15, 0.2) is 0 Å². The smallest absolute Gasteiger partial charge is 0.423 e. The molecule has 0 saturated carbocycles. The van der Waals surface area contributed by atoms with E-state index in [1.807, 2.05) is 30.3 Å². The number of pyridine rings is 1. The lowest BCUT2D eigenvalue weighted by molar-refractivity contribution is 0.275. The van der Waals surface area contributed by atoms with Gasteiger partial charge in [-0.15, -0.1) is 0 Å². The number of hydrogen-bond acceptors (Lipinski definition) is 4. The Bertz CT molecular complexity index is 535. The Morgan fingerprint density at radius 1 is 1.18 bits per heavy atom. The summed E-state index contributed by atoms with van der Waals surface area (Å²) in [5.74, 6) is 0. The summed E-state index contributed by atoms with van der Waals surface area (Å²) in [6.45, 7) is 0.497. The predicted octanol–water partition coefficient (Wildman–Crippen LogP) is 1.45. The Balaban J connectivity index is 1.88. The monoisotopic (exact) mass is 243 g/mol. The highest BCUT2D eigenvalue weighted by Crippen LogP contribution is 2.27. The number of aromatic nitrogens is 1. The van der Waals surface area contributed by atoms with Gasteiger partial charge < -0.3 is 9.68 Å². The zero-order valence-electron chi connectivity index (χ0n) is 9.04. The molecule has 3 nitrogen and oxygen atoms in total. The van der Waals surface area contributed by atoms with Gasteiger partial charge in [0.05, 0.1) is 6.61 Å². The molecule has 0 fully saturated rings. The first-order chi connectivity index (χ1) is 8.33. The maximum atomic E-state index is 9.63. The van der Waals surface area contributed by atoms with E-state index < -0.39 is 7.12 Å². The van der Waals surface area contributed by atoms with Gasteiger partial charge in [0.25, 0.3) is 0 Å². The van der Waals surface area contributed by atoms with Gasteiger partial charge >= 0.3 is 7.12 Å². The molecule has 1 aromatic carbocycles. The van der Waals surface area contributed by atoms with Crippen molar-refractivity contribution < 1.29 is 9.68 Å². The van der Waals surface area contributed by atoms with Gasteiger partial charge in [-0.25, -0.2) is 0 Å². The van der Waals surface area contributed by atoms with E-state index in [9.17, 15) is 5.02 Å². The molecule has 0 amide bonds. The zero-order chi connectivity index (χ0) is 11.7. The minimum Gasteiger partial charge on any atom is -0.423 e. The number of fused-ring (bicyclic) bond motifs is 1. The average Bonchev–Trinajstić information content (AvgIpc) is 2.73. The molecule has 0 unspecified atom stereocenters. The molecule has 0 radical (unpaired) electrons. The molecule has 1 aromatic heterocycles. The largest absolute Gasteiger partial charge is 0.491 e. The van der Waals surface area contributed by atoms with E-state index >= 15 is 0 Å². The summed E-state index contributed by atoms with van der Waals surface area (Å²) < 4.78 is 5.16. The summed E-state index contributed by atoms with van der Waals surface area (Å²) in [4.78, 5) is 6.21. The van der Waals surface area contributed by atoms with E-state index in [0.717, 1.165) is 20.8 Å². The van der Waals surface area contributed by atoms with Crippen LogP contribution in [0.3, 0.4) is 0 Å². The second-order valence-corrected chi connectivity index (χ2v) is 4.96. The normalized spacial score (nSPS) is 13.8. The molecule has 0 saturated heterocycles. The Labute approximate surface area is 104 Å². The summed E-state index contributed by atoms with van der Waals surface area (Å²) in [7, 11) is -0.775. The fourth-order valence-electron chi connectivity index (χ4n) is 1.80. The standard InChI is InChI=1S/C12H10BNO2S/c15-13-12-7-11(2-1-9(12)8-16-13)17-10-3-5-14-6-4-10/h1-7,15H,8H2. The quantitative estimate of drug-likeness (QED) is 0.810. The van der Waals surface area contributed by atoms with Gasteiger partial charge in [0.1, 0.15) is 0 Å². The molecule has 0 spiro atoms. The van der Waals surface area contributed by atoms with Gasteiger partial charge in [0.2, 0.25) is 0 Å². The van der Waals surface area contributed by atoms with Crippen molar-refractivity contribution in [1.29, 1.82) is 0 Å². The minimum atomic E-state index is -0.775. The van der Waals surface area contributed by atoms with Crippen molar-refractivity contribution >= 4 is 24.3 Å². The second-order valence-electron chi connectivity index (χ2n) is 3.81. The first-order valence-electron chi connectivity index (χ1n) is 5.33. The average molecular weight is 243 g/mol. The Morgan fingerprint density at radius 2 is 2.00 bits per heavy atom. The molecule has 1 N–H and O–H groups in total. The summed E-state index contributed by atoms with van der Waals surface area (Å²) in [6, 6.07) is 9.97. The molecule has 0 aliphatic carbocycles. The van der Waals surface area contributed by atoms with Gasteiger partial charge in [-0.2, -0.15) is 0 Å². The number of benzene rings is 1. The third kappa shape index (κ3) is 2.22. The first-order valence-corrected chi connectivity index (χ1v) is 6.15. The fourth-order valence-corrected chi connectivity index (χ4v) is 2.65. The van der Waals surface area contributed by atoms with Crippen LogP contribution in [0.25, 0.3) is 0 Å². The van der Waals surface area contributed by atoms with Crippen molar-refractivity contribution in [3.8, 4) is 0 Å². The zero-order valence-corrected chi connectivity index (χ0v) is 9.85. The van der Waals surface area contributed by atoms with E-state index in [0.29, 0.717) is 6.61 Å². The van der Waals surface area contributed by atoms with Crippen LogP contribution in [0.15, 0.2) is 52.5 Å². The van der Waals surface area contributed by atoms with Gasteiger partial charge in [-0.3, -0.25) is 4.98 Å². The molecule has 3 rings (SSSR count). The van der Waals surface area contributed by atoms with Crippen LogP contribution in [-0.2, 0) is 11.3 Å². The lowest BCUT2D eigenvalue weighted by Crippen LogP contribution is -2.27. The number of hydrogen-bond donors (Lipinski definition) is 1. The molecule has 2 aromatic rings. The predicted molar refractivity (Wildman–Crippen MR) is 67.2 cm³/mol. The lowest BCUT2D eigenvalue weighted by atomic mass is 9.80. The van der Waals surface area contributed by atoms with Crippen molar-refractivity contribution in [2.45, 2.75) is 16.4 Å². The molecule has 84 valence electrons. The van der Waals surface area contributed by atoms with Crippen molar-refractivity contribution in [2.75, 3.05) is 0 Å². The van der Waals surface area contributed by atoms with Gasteiger partial charge in [0, 0.05) is 22.2 Å². The van der Waals surface area contributed by atoms with E-state index in [1.54, 1.807) is 24.2 Å². The van der Waals surface area contributed by atoms with Crippen LogP contribution < -0.4 is 5.46 Å². The maximum Gasteiger partial charge on any atom is 0.491 e. The van der Waals surface area contributed by atoms with Gasteiger partial charge in [-0.05, 0) is 35.3 Å². The SMILES string of the molecule is OB1OCc2ccc(Sc3ccncc3)cc21. The topological polar surface area (TPSA) is 42.4 Å². The van der Waals surface area contributed by atoms with Crippen LogP contribution in [0.4, 0.5) is 0 Å². The molecule has 2 heterocycles. The highest BCUT2D eigenvalue weighted by atomic mass is 32.2. The molecule has 1 aliphatic heterocycles. The minimum absolute atomic E-state index is 0.497. The molecular formula is C12H10BNO2S. The van der Waals surface area contributed by atoms with Gasteiger partial charge in [-0.1, -0.05) is 17.8 Å². The third-order valence-corrected chi connectivity index (χ3v) is 3.66. The molecule has 0 atom stereocenters. The highest BCUT2D eigenvalue weighted by Gasteiger charge is 2.27. The van der Waals surface area contributed by atoms with E-state index in [1.165, 1.54) is 0 Å². The van der Waals surface area contributed by atoms with Crippen LogP contribution >= 0.6 is 11.8 Å². The Hall–Kier alpha value is -1.30. The van der Waals surface area contributed by atoms with Crippen molar-refractivity contribution in [1.82, 2.24) is 4.98 Å². The summed E-state index contributed by atoms with van der Waals surface area (Å²) in [5.41, 5.74) is 1.95. The maximum absolute atomic E-state index is 9.63. The Kier molecular flexibility index (Phi) is 2.88. The van der Waals surface area contributed by atoms with E-state index in [2.05, 4.69) is 4.98 Å². The van der Waals surface area contributed by atoms with Crippen molar-refractivity contribution in [3.63, 3.8) is 0 Å². The van der Waals surface area contributed by atoms with E-state index in [-0.39, 0.29) is 0 Å². The molecule has 1 aliphatic rings. The first kappa shape index (κ1) is 10.8. The fraction of sp³-hybridized carbons (Fsp3) is 0.0833. The van der Waals surface area contributed by atoms with Crippen LogP contribution in [0.5, 0.6) is 0 Å². The van der Waals surface area contributed by atoms with Crippen LogP contribution in [0, 0.1) is 0 Å². The Morgan fingerprint density at radius 3 is 2.82 bits per heavy atom. The van der Waals surface area contributed by atoms with Crippen LogP contribution in [0.2, 0.25) is 0 Å². The highest BCUT2D eigenvalue weighted by molar-refractivity contribution is 7.99. The van der Waals surface area contributed by atoms with E-state index in [4.69, 9.17) is 4.65 Å². The third-order valence-electron chi connectivity index (χ3n) is 2.67. The van der Waals surface area contributed by atoms with Crippen LogP contribution in [-0.4, -0.2) is 17.1 Å². The number of nitrogens with zero attached hydrogens (tertiary/aromatic N) is 1. The van der Waals surface area contributed by atoms with Crippen molar-refractivity contribution in [2.24, 2.45) is 0 Å². The molecular weight excluding hydrogens is 233 g/mol. The summed E-state index contributed by atoms with van der Waals surface area (Å²) in [6.07, 6.45) is 3.54. The molecule has 17 heavy (non-hydrogen) atoms. The second kappa shape index (κ2) is 4.53. The summed E-state index contributed by atoms with van der Waals surface area (Å²) in [5, 5.41) is 9.63. The van der Waals surface area contributed by atoms with Crippen molar-refractivity contribution in [3.05, 3.63) is 48.3 Å². The van der Waals surface area contributed by atoms with Crippen LogP contribution in [0.1, 0.15) is 5.56 Å². The number of rotatable bonds is 2. The molecule has 0 bridgehead atoms. The summed E-state index contributed by atoms with van der Waals surface area (Å²) >= 11 is 1.65. The molecule has 5 heteroatoms. The lowest BCUT2D eigenvalue weighted by Gasteiger charge is -2.04.